The van der Waals surface area contributed by atoms with Crippen molar-refractivity contribution >= 4 is 27.7 Å². The number of pyridine rings is 1. The van der Waals surface area contributed by atoms with Gasteiger partial charge in [-0.3, -0.25) is 4.79 Å². The van der Waals surface area contributed by atoms with Crippen LogP contribution < -0.4 is 4.90 Å². The summed E-state index contributed by atoms with van der Waals surface area (Å²) in [6.07, 6.45) is 3.78. The predicted molar refractivity (Wildman–Crippen MR) is 75.7 cm³/mol. The molecule has 1 unspecified atom stereocenters. The van der Waals surface area contributed by atoms with Gasteiger partial charge >= 0.3 is 0 Å². The molecule has 1 aliphatic rings. The molecule has 0 aromatic carbocycles. The Hall–Kier alpha value is -1.10. The number of aryl methyl sites for hydroxylation is 1. The van der Waals surface area contributed by atoms with Crippen LogP contribution in [-0.4, -0.2) is 42.5 Å². The van der Waals surface area contributed by atoms with Crippen molar-refractivity contribution in [2.45, 2.75) is 25.8 Å². The van der Waals surface area contributed by atoms with Gasteiger partial charge in [-0.1, -0.05) is 0 Å². The Bertz CT molecular complexity index is 462. The molecule has 0 bridgehead atoms. The molecule has 1 aliphatic heterocycles. The minimum Gasteiger partial charge on any atom is -0.347 e. The molecule has 98 valence electrons. The molecule has 2 heterocycles. The van der Waals surface area contributed by atoms with Crippen LogP contribution in [0.3, 0.4) is 0 Å². The number of likely N-dealkylation sites (N-methyl/N-ethyl adjacent to an activating group) is 1. The lowest BCUT2D eigenvalue weighted by Crippen LogP contribution is -2.43. The monoisotopic (exact) mass is 311 g/mol. The maximum atomic E-state index is 12.1. The number of carbonyl (C=O) groups excluding carboxylic acids is 1. The molecule has 18 heavy (non-hydrogen) atoms. The summed E-state index contributed by atoms with van der Waals surface area (Å²) >= 11 is 3.54. The molecule has 5 heteroatoms. The van der Waals surface area contributed by atoms with E-state index in [1.165, 1.54) is 0 Å². The highest BCUT2D eigenvalue weighted by atomic mass is 79.9. The summed E-state index contributed by atoms with van der Waals surface area (Å²) in [5, 5.41) is 0. The zero-order valence-electron chi connectivity index (χ0n) is 11.0. The van der Waals surface area contributed by atoms with Gasteiger partial charge in [0.05, 0.1) is 4.47 Å². The number of hydrogen-bond donors (Lipinski definition) is 0. The van der Waals surface area contributed by atoms with Crippen molar-refractivity contribution in [3.63, 3.8) is 0 Å². The standard InChI is InChI=1S/C13H18BrN3O/c1-9-7-10(14)12(15-8-9)17-6-4-5-11(17)13(18)16(2)3/h7-8,11H,4-6H2,1-3H3. The van der Waals surface area contributed by atoms with Crippen LogP contribution in [0, 0.1) is 6.92 Å². The number of halogens is 1. The number of anilines is 1. The number of aromatic nitrogens is 1. The van der Waals surface area contributed by atoms with Crippen LogP contribution >= 0.6 is 15.9 Å². The van der Waals surface area contributed by atoms with Crippen LogP contribution in [0.5, 0.6) is 0 Å². The van der Waals surface area contributed by atoms with Gasteiger partial charge in [-0.05, 0) is 47.3 Å². The second-order valence-corrected chi connectivity index (χ2v) is 5.76. The second-order valence-electron chi connectivity index (χ2n) is 4.90. The van der Waals surface area contributed by atoms with Crippen LogP contribution in [0.4, 0.5) is 5.82 Å². The average Bonchev–Trinajstić information content (AvgIpc) is 2.76. The summed E-state index contributed by atoms with van der Waals surface area (Å²) in [4.78, 5) is 20.4. The molecular weight excluding hydrogens is 294 g/mol. The smallest absolute Gasteiger partial charge is 0.244 e. The first kappa shape index (κ1) is 13.3. The van der Waals surface area contributed by atoms with E-state index >= 15 is 0 Å². The molecule has 1 aromatic heterocycles. The first-order chi connectivity index (χ1) is 8.50. The number of amides is 1. The Labute approximate surface area is 116 Å². The third kappa shape index (κ3) is 2.51. The Kier molecular flexibility index (Phi) is 3.90. The van der Waals surface area contributed by atoms with E-state index in [1.54, 1.807) is 19.0 Å². The summed E-state index contributed by atoms with van der Waals surface area (Å²) in [6, 6.07) is 1.96. The minimum absolute atomic E-state index is 0.0773. The van der Waals surface area contributed by atoms with E-state index in [4.69, 9.17) is 0 Å². The van der Waals surface area contributed by atoms with Crippen molar-refractivity contribution < 1.29 is 4.79 Å². The number of carbonyl (C=O) groups is 1. The third-order valence-electron chi connectivity index (χ3n) is 3.21. The zero-order valence-corrected chi connectivity index (χ0v) is 12.6. The van der Waals surface area contributed by atoms with E-state index < -0.39 is 0 Å². The van der Waals surface area contributed by atoms with Gasteiger partial charge in [-0.2, -0.15) is 0 Å². The molecule has 1 aromatic rings. The SMILES string of the molecule is Cc1cnc(N2CCCC2C(=O)N(C)C)c(Br)c1. The van der Waals surface area contributed by atoms with E-state index in [9.17, 15) is 4.79 Å². The highest BCUT2D eigenvalue weighted by molar-refractivity contribution is 9.10. The molecule has 2 rings (SSSR count). The molecule has 1 atom stereocenters. The van der Waals surface area contributed by atoms with E-state index in [2.05, 4.69) is 25.8 Å². The summed E-state index contributed by atoms with van der Waals surface area (Å²) in [5.74, 6) is 1.03. The van der Waals surface area contributed by atoms with Gasteiger partial charge in [0, 0.05) is 26.8 Å². The molecule has 0 spiro atoms. The topological polar surface area (TPSA) is 36.4 Å². The Morgan fingerprint density at radius 1 is 1.56 bits per heavy atom. The van der Waals surface area contributed by atoms with E-state index in [0.29, 0.717) is 0 Å². The van der Waals surface area contributed by atoms with Gasteiger partial charge in [0.1, 0.15) is 11.9 Å². The van der Waals surface area contributed by atoms with E-state index in [1.807, 2.05) is 19.2 Å². The predicted octanol–water partition coefficient (Wildman–Crippen LogP) is 2.21. The molecular formula is C13H18BrN3O. The van der Waals surface area contributed by atoms with Gasteiger partial charge in [0.2, 0.25) is 5.91 Å². The summed E-state index contributed by atoms with van der Waals surface area (Å²) in [6.45, 7) is 2.90. The normalized spacial score (nSPS) is 19.1. The quantitative estimate of drug-likeness (QED) is 0.840. The summed E-state index contributed by atoms with van der Waals surface area (Å²) in [7, 11) is 3.60. The largest absolute Gasteiger partial charge is 0.347 e. The first-order valence-corrected chi connectivity index (χ1v) is 6.90. The zero-order chi connectivity index (χ0) is 13.3. The molecule has 0 saturated carbocycles. The number of nitrogens with zero attached hydrogens (tertiary/aromatic N) is 3. The lowest BCUT2D eigenvalue weighted by molar-refractivity contribution is -0.129. The van der Waals surface area contributed by atoms with Crippen molar-refractivity contribution in [3.05, 3.63) is 22.3 Å². The van der Waals surface area contributed by atoms with E-state index in [0.717, 1.165) is 35.2 Å². The van der Waals surface area contributed by atoms with Crippen LogP contribution in [0.2, 0.25) is 0 Å². The van der Waals surface area contributed by atoms with Crippen molar-refractivity contribution in [1.82, 2.24) is 9.88 Å². The van der Waals surface area contributed by atoms with Gasteiger partial charge in [0.25, 0.3) is 0 Å². The van der Waals surface area contributed by atoms with Crippen molar-refractivity contribution in [1.29, 1.82) is 0 Å². The maximum Gasteiger partial charge on any atom is 0.244 e. The average molecular weight is 312 g/mol. The number of hydrogen-bond acceptors (Lipinski definition) is 3. The lowest BCUT2D eigenvalue weighted by Gasteiger charge is -2.27. The maximum absolute atomic E-state index is 12.1. The Balaban J connectivity index is 2.29. The second kappa shape index (κ2) is 5.26. The van der Waals surface area contributed by atoms with Gasteiger partial charge in [-0.25, -0.2) is 4.98 Å². The van der Waals surface area contributed by atoms with Crippen LogP contribution in [0.25, 0.3) is 0 Å². The minimum atomic E-state index is -0.0773. The van der Waals surface area contributed by atoms with Crippen LogP contribution in [-0.2, 0) is 4.79 Å². The molecule has 1 fully saturated rings. The molecule has 1 amide bonds. The Morgan fingerprint density at radius 2 is 2.28 bits per heavy atom. The molecule has 4 nitrogen and oxygen atoms in total. The van der Waals surface area contributed by atoms with Crippen molar-refractivity contribution in [2.75, 3.05) is 25.5 Å². The summed E-state index contributed by atoms with van der Waals surface area (Å²) < 4.78 is 0.959. The molecule has 0 radical (unpaired) electrons. The molecule has 0 N–H and O–H groups in total. The fourth-order valence-electron chi connectivity index (χ4n) is 2.31. The van der Waals surface area contributed by atoms with Crippen LogP contribution in [0.15, 0.2) is 16.7 Å². The molecule has 0 aliphatic carbocycles. The highest BCUT2D eigenvalue weighted by Crippen LogP contribution is 2.31. The van der Waals surface area contributed by atoms with Crippen molar-refractivity contribution in [2.24, 2.45) is 0 Å². The van der Waals surface area contributed by atoms with Gasteiger partial charge in [0.15, 0.2) is 0 Å². The first-order valence-electron chi connectivity index (χ1n) is 6.10. The third-order valence-corrected chi connectivity index (χ3v) is 3.79. The Morgan fingerprint density at radius 3 is 2.89 bits per heavy atom. The molecule has 1 saturated heterocycles. The highest BCUT2D eigenvalue weighted by Gasteiger charge is 2.33. The van der Waals surface area contributed by atoms with Gasteiger partial charge in [-0.15, -0.1) is 0 Å². The summed E-state index contributed by atoms with van der Waals surface area (Å²) in [5.41, 5.74) is 1.11. The lowest BCUT2D eigenvalue weighted by atomic mass is 10.2. The van der Waals surface area contributed by atoms with Crippen LogP contribution in [0.1, 0.15) is 18.4 Å². The van der Waals surface area contributed by atoms with E-state index in [-0.39, 0.29) is 11.9 Å². The van der Waals surface area contributed by atoms with Gasteiger partial charge < -0.3 is 9.80 Å². The number of rotatable bonds is 2. The fourth-order valence-corrected chi connectivity index (χ4v) is 3.00. The fraction of sp³-hybridized carbons (Fsp3) is 0.538. The van der Waals surface area contributed by atoms with Crippen molar-refractivity contribution in [3.8, 4) is 0 Å².